The van der Waals surface area contributed by atoms with Gasteiger partial charge in [-0.25, -0.2) is 0 Å². The third kappa shape index (κ3) is 4.35. The van der Waals surface area contributed by atoms with E-state index in [2.05, 4.69) is 41.4 Å². The fourth-order valence-electron chi connectivity index (χ4n) is 4.43. The number of carbonyl (C=O) groups is 1. The molecule has 1 aliphatic heterocycles. The van der Waals surface area contributed by atoms with Crippen molar-refractivity contribution in [1.82, 2.24) is 10.2 Å². The molecule has 0 saturated carbocycles. The van der Waals surface area contributed by atoms with Crippen LogP contribution in [0.3, 0.4) is 0 Å². The van der Waals surface area contributed by atoms with Crippen LogP contribution in [-0.2, 0) is 5.75 Å². The van der Waals surface area contributed by atoms with E-state index in [-0.39, 0.29) is 11.2 Å². The number of aryl methyl sites for hydroxylation is 2. The van der Waals surface area contributed by atoms with Crippen molar-refractivity contribution >= 4 is 56.7 Å². The van der Waals surface area contributed by atoms with Crippen molar-refractivity contribution in [3.63, 3.8) is 0 Å². The van der Waals surface area contributed by atoms with Gasteiger partial charge in [-0.1, -0.05) is 88.3 Å². The van der Waals surface area contributed by atoms with Crippen molar-refractivity contribution in [3.8, 4) is 0 Å². The Hall–Kier alpha value is -3.46. The number of hydrogen-bond donors (Lipinski definition) is 0. The first-order valence-corrected chi connectivity index (χ1v) is 13.8. The van der Waals surface area contributed by atoms with Crippen molar-refractivity contribution in [2.24, 2.45) is 0 Å². The van der Waals surface area contributed by atoms with E-state index in [4.69, 9.17) is 16.0 Å². The monoisotopic (exact) mass is 545 g/mol. The zero-order valence-electron chi connectivity index (χ0n) is 19.9. The molecule has 1 amide bonds. The molecule has 0 fully saturated rings. The first-order chi connectivity index (χ1) is 17.9. The highest BCUT2D eigenvalue weighted by atomic mass is 35.5. The molecule has 9 heteroatoms. The lowest BCUT2D eigenvalue weighted by Gasteiger charge is -2.22. The minimum Gasteiger partial charge on any atom is -0.450 e. The Morgan fingerprint density at radius 3 is 2.46 bits per heavy atom. The van der Waals surface area contributed by atoms with Crippen LogP contribution in [0.2, 0.25) is 5.02 Å². The van der Waals surface area contributed by atoms with Gasteiger partial charge in [-0.3, -0.25) is 14.5 Å². The predicted molar refractivity (Wildman–Crippen MR) is 148 cm³/mol. The summed E-state index contributed by atoms with van der Waals surface area (Å²) in [5, 5.41) is 10.1. The quantitative estimate of drug-likeness (QED) is 0.175. The van der Waals surface area contributed by atoms with E-state index in [1.54, 1.807) is 36.0 Å². The van der Waals surface area contributed by atoms with E-state index in [9.17, 15) is 9.59 Å². The Kier molecular flexibility index (Phi) is 6.10. The Labute approximate surface area is 225 Å². The molecule has 0 aliphatic carbocycles. The third-order valence-electron chi connectivity index (χ3n) is 6.30. The number of nitrogens with zero attached hydrogens (tertiary/aromatic N) is 3. The van der Waals surface area contributed by atoms with Gasteiger partial charge in [0.1, 0.15) is 5.58 Å². The molecule has 2 aromatic heterocycles. The van der Waals surface area contributed by atoms with E-state index >= 15 is 0 Å². The summed E-state index contributed by atoms with van der Waals surface area (Å²) in [7, 11) is 0. The number of anilines is 1. The lowest BCUT2D eigenvalue weighted by Crippen LogP contribution is -2.29. The largest absolute Gasteiger partial charge is 0.450 e. The molecule has 0 N–H and O–H groups in total. The van der Waals surface area contributed by atoms with Crippen molar-refractivity contribution in [3.05, 3.63) is 116 Å². The van der Waals surface area contributed by atoms with Gasteiger partial charge in [0, 0.05) is 10.8 Å². The average Bonchev–Trinajstić information content (AvgIpc) is 3.47. The minimum absolute atomic E-state index is 0.0327. The SMILES string of the molecule is Cc1ccc(CSc2nnc(N3C(=O)c4oc5ccc(C)cc5c(=O)c4C3c3ccc(Cl)cc3)s2)cc1. The number of thioether (sulfide) groups is 1. The molecule has 1 unspecified atom stereocenters. The molecule has 1 atom stereocenters. The Bertz CT molecular complexity index is 1710. The summed E-state index contributed by atoms with van der Waals surface area (Å²) in [6.07, 6.45) is 0. The topological polar surface area (TPSA) is 76.3 Å². The molecule has 0 spiro atoms. The first kappa shape index (κ1) is 23.9. The summed E-state index contributed by atoms with van der Waals surface area (Å²) < 4.78 is 6.77. The van der Waals surface area contributed by atoms with E-state index in [1.165, 1.54) is 27.4 Å². The van der Waals surface area contributed by atoms with Crippen molar-refractivity contribution < 1.29 is 9.21 Å². The molecule has 6 nitrogen and oxygen atoms in total. The minimum atomic E-state index is -0.705. The van der Waals surface area contributed by atoms with Crippen LogP contribution in [0.1, 0.15) is 44.4 Å². The molecule has 1 aliphatic rings. The zero-order chi connectivity index (χ0) is 25.7. The number of rotatable bonds is 5. The van der Waals surface area contributed by atoms with Crippen LogP contribution in [0.15, 0.2) is 80.3 Å². The Morgan fingerprint density at radius 1 is 0.973 bits per heavy atom. The summed E-state index contributed by atoms with van der Waals surface area (Å²) in [6.45, 7) is 3.97. The van der Waals surface area contributed by atoms with Gasteiger partial charge in [0.15, 0.2) is 9.77 Å². The lowest BCUT2D eigenvalue weighted by molar-refractivity contribution is 0.0970. The number of benzene rings is 3. The number of hydrogen-bond acceptors (Lipinski definition) is 7. The van der Waals surface area contributed by atoms with E-state index < -0.39 is 11.9 Å². The number of amides is 1. The smallest absolute Gasteiger partial charge is 0.297 e. The van der Waals surface area contributed by atoms with Gasteiger partial charge in [-0.2, -0.15) is 0 Å². The molecule has 0 bridgehead atoms. The van der Waals surface area contributed by atoms with Gasteiger partial charge in [0.25, 0.3) is 5.91 Å². The summed E-state index contributed by atoms with van der Waals surface area (Å²) >= 11 is 9.01. The van der Waals surface area contributed by atoms with Crippen molar-refractivity contribution in [2.75, 3.05) is 4.90 Å². The lowest BCUT2D eigenvalue weighted by atomic mass is 9.98. The first-order valence-electron chi connectivity index (χ1n) is 11.6. The molecule has 0 radical (unpaired) electrons. The summed E-state index contributed by atoms with van der Waals surface area (Å²) in [5.41, 5.74) is 4.50. The molecule has 3 aromatic carbocycles. The number of halogens is 1. The highest BCUT2D eigenvalue weighted by Gasteiger charge is 2.45. The van der Waals surface area contributed by atoms with E-state index in [0.717, 1.165) is 21.2 Å². The second kappa shape index (κ2) is 9.45. The van der Waals surface area contributed by atoms with Crippen LogP contribution in [0.4, 0.5) is 5.13 Å². The van der Waals surface area contributed by atoms with E-state index in [1.807, 2.05) is 25.1 Å². The Balaban J connectivity index is 1.42. The highest BCUT2D eigenvalue weighted by molar-refractivity contribution is 8.00. The molecular formula is C28H20ClN3O3S2. The van der Waals surface area contributed by atoms with Crippen LogP contribution >= 0.6 is 34.7 Å². The standard InChI is InChI=1S/C28H20ClN3O3S2/c1-15-3-6-17(7-4-15)14-36-28-31-30-27(37-28)32-23(18-8-10-19(29)11-9-18)22-24(33)20-13-16(2)5-12-21(20)35-25(22)26(32)34/h3-13,23H,14H2,1-2H3. The molecule has 3 heterocycles. The van der Waals surface area contributed by atoms with Crippen LogP contribution in [0.25, 0.3) is 11.0 Å². The second-order valence-corrected chi connectivity index (χ2v) is 11.5. The van der Waals surface area contributed by atoms with Gasteiger partial charge < -0.3 is 4.42 Å². The maximum absolute atomic E-state index is 13.7. The van der Waals surface area contributed by atoms with Crippen LogP contribution < -0.4 is 10.3 Å². The summed E-state index contributed by atoms with van der Waals surface area (Å²) in [4.78, 5) is 29.0. The van der Waals surface area contributed by atoms with Gasteiger partial charge in [-0.05, 0) is 49.2 Å². The number of fused-ring (bicyclic) bond motifs is 2. The highest BCUT2D eigenvalue weighted by Crippen LogP contribution is 2.43. The van der Waals surface area contributed by atoms with Gasteiger partial charge in [0.2, 0.25) is 10.9 Å². The third-order valence-corrected chi connectivity index (χ3v) is 8.68. The van der Waals surface area contributed by atoms with Crippen LogP contribution in [0.5, 0.6) is 0 Å². The van der Waals surface area contributed by atoms with Crippen LogP contribution in [-0.4, -0.2) is 16.1 Å². The average molecular weight is 546 g/mol. The summed E-state index contributed by atoms with van der Waals surface area (Å²) in [5.74, 6) is 0.347. The molecule has 5 aromatic rings. The molecule has 184 valence electrons. The van der Waals surface area contributed by atoms with Gasteiger partial charge >= 0.3 is 0 Å². The molecular weight excluding hydrogens is 526 g/mol. The maximum Gasteiger partial charge on any atom is 0.297 e. The van der Waals surface area contributed by atoms with Gasteiger partial charge in [0.05, 0.1) is 17.0 Å². The zero-order valence-corrected chi connectivity index (χ0v) is 22.3. The fraction of sp³-hybridized carbons (Fsp3) is 0.143. The summed E-state index contributed by atoms with van der Waals surface area (Å²) in [6, 6.07) is 20.1. The van der Waals surface area contributed by atoms with Crippen molar-refractivity contribution in [1.29, 1.82) is 0 Å². The van der Waals surface area contributed by atoms with Crippen LogP contribution in [0, 0.1) is 13.8 Å². The second-order valence-electron chi connectivity index (χ2n) is 8.93. The number of aromatic nitrogens is 2. The van der Waals surface area contributed by atoms with Gasteiger partial charge in [-0.15, -0.1) is 10.2 Å². The van der Waals surface area contributed by atoms with E-state index in [0.29, 0.717) is 26.7 Å². The molecule has 0 saturated heterocycles. The fourth-order valence-corrected chi connectivity index (χ4v) is 6.38. The normalized spacial score (nSPS) is 14.9. The Morgan fingerprint density at radius 2 is 1.70 bits per heavy atom. The number of carbonyl (C=O) groups excluding carboxylic acids is 1. The van der Waals surface area contributed by atoms with Crippen molar-refractivity contribution in [2.45, 2.75) is 30.0 Å². The predicted octanol–water partition coefficient (Wildman–Crippen LogP) is 6.96. The molecule has 6 rings (SSSR count). The molecule has 37 heavy (non-hydrogen) atoms. The maximum atomic E-state index is 13.7.